The largest absolute Gasteiger partial charge is 0.502 e. The average molecular weight is 535 g/mol. The standard InChI is InChI=1S/C32H54O6/c1(3-7-17-27-35-31-21-11-19-29-37-31)5-13-23-33-25-15-9-10-16-26-34-24-14-6-2-4-8-18-28-36-32-22-12-20-30-38-32/h15-16,19-20,25-26,29-32H,1-14,17-18,21-24,27-28H2. The van der Waals surface area contributed by atoms with E-state index in [-0.39, 0.29) is 12.6 Å². The van der Waals surface area contributed by atoms with Crippen LogP contribution in [-0.2, 0) is 28.4 Å². The summed E-state index contributed by atoms with van der Waals surface area (Å²) in [4.78, 5) is 0. The molecule has 0 aromatic rings. The van der Waals surface area contributed by atoms with Gasteiger partial charge < -0.3 is 28.4 Å². The van der Waals surface area contributed by atoms with E-state index in [2.05, 4.69) is 12.2 Å². The van der Waals surface area contributed by atoms with Gasteiger partial charge in [0.2, 0.25) is 0 Å². The van der Waals surface area contributed by atoms with Gasteiger partial charge in [-0.3, -0.25) is 0 Å². The van der Waals surface area contributed by atoms with Gasteiger partial charge in [0.1, 0.15) is 0 Å². The molecule has 0 amide bonds. The Labute approximate surface area is 232 Å². The quantitative estimate of drug-likeness (QED) is 0.0861. The lowest BCUT2D eigenvalue weighted by atomic mass is 10.1. The van der Waals surface area contributed by atoms with Crippen LogP contribution in [0.2, 0.25) is 0 Å². The van der Waals surface area contributed by atoms with Crippen molar-refractivity contribution in [1.29, 1.82) is 0 Å². The van der Waals surface area contributed by atoms with Gasteiger partial charge in [-0.05, 0) is 75.7 Å². The third kappa shape index (κ3) is 20.1. The molecule has 6 heteroatoms. The van der Waals surface area contributed by atoms with Gasteiger partial charge in [0.15, 0.2) is 12.6 Å². The fourth-order valence-electron chi connectivity index (χ4n) is 4.29. The number of allylic oxidation sites excluding steroid dienone is 4. The molecule has 0 N–H and O–H groups in total. The molecule has 218 valence electrons. The maximum atomic E-state index is 5.73. The average Bonchev–Trinajstić information content (AvgIpc) is 2.96. The van der Waals surface area contributed by atoms with E-state index in [1.54, 1.807) is 12.5 Å². The van der Waals surface area contributed by atoms with Gasteiger partial charge in [0.05, 0.1) is 51.5 Å². The first-order valence-electron chi connectivity index (χ1n) is 15.3. The zero-order valence-electron chi connectivity index (χ0n) is 23.8. The SMILES string of the molecule is C(=COCCCCCCCCOC1CCC=CO1)CCC=COCCCCCCCCOC1CCC=CO1. The molecule has 0 aliphatic carbocycles. The van der Waals surface area contributed by atoms with E-state index >= 15 is 0 Å². The second-order valence-corrected chi connectivity index (χ2v) is 10.1. The van der Waals surface area contributed by atoms with Crippen molar-refractivity contribution in [3.05, 3.63) is 49.4 Å². The highest BCUT2D eigenvalue weighted by molar-refractivity contribution is 4.81. The van der Waals surface area contributed by atoms with Gasteiger partial charge in [0, 0.05) is 12.8 Å². The third-order valence-electron chi connectivity index (χ3n) is 6.60. The van der Waals surface area contributed by atoms with Crippen LogP contribution in [0.1, 0.15) is 116 Å². The fraction of sp³-hybridized carbons (Fsp3) is 0.750. The maximum Gasteiger partial charge on any atom is 0.199 e. The summed E-state index contributed by atoms with van der Waals surface area (Å²) in [5.41, 5.74) is 0. The van der Waals surface area contributed by atoms with Crippen LogP contribution in [0, 0.1) is 0 Å². The molecular formula is C32H54O6. The molecule has 0 spiro atoms. The molecule has 2 atom stereocenters. The summed E-state index contributed by atoms with van der Waals surface area (Å²) in [7, 11) is 0. The van der Waals surface area contributed by atoms with Crippen LogP contribution in [-0.4, -0.2) is 39.0 Å². The van der Waals surface area contributed by atoms with Gasteiger partial charge >= 0.3 is 0 Å². The highest BCUT2D eigenvalue weighted by Crippen LogP contribution is 2.14. The number of ether oxygens (including phenoxy) is 6. The number of rotatable bonds is 25. The van der Waals surface area contributed by atoms with Crippen LogP contribution in [0.3, 0.4) is 0 Å². The summed E-state index contributed by atoms with van der Waals surface area (Å²) >= 11 is 0. The number of unbranched alkanes of at least 4 members (excludes halogenated alkanes) is 11. The minimum Gasteiger partial charge on any atom is -0.502 e. The summed E-state index contributed by atoms with van der Waals surface area (Å²) in [5.74, 6) is 0. The van der Waals surface area contributed by atoms with Crippen molar-refractivity contribution in [1.82, 2.24) is 0 Å². The first-order valence-corrected chi connectivity index (χ1v) is 15.3. The Morgan fingerprint density at radius 2 is 0.921 bits per heavy atom. The molecule has 0 saturated carbocycles. The lowest BCUT2D eigenvalue weighted by Gasteiger charge is -2.19. The van der Waals surface area contributed by atoms with Gasteiger partial charge in [-0.2, -0.15) is 0 Å². The Bertz CT molecular complexity index is 575. The van der Waals surface area contributed by atoms with Crippen molar-refractivity contribution in [2.45, 2.75) is 128 Å². The van der Waals surface area contributed by atoms with E-state index in [0.717, 1.165) is 90.6 Å². The number of hydrogen-bond donors (Lipinski definition) is 0. The summed E-state index contributed by atoms with van der Waals surface area (Å²) in [6.07, 6.45) is 36.0. The predicted octanol–water partition coefficient (Wildman–Crippen LogP) is 8.84. The Morgan fingerprint density at radius 1 is 0.526 bits per heavy atom. The van der Waals surface area contributed by atoms with Crippen molar-refractivity contribution in [3.8, 4) is 0 Å². The molecule has 2 aliphatic rings. The zero-order valence-corrected chi connectivity index (χ0v) is 23.8. The molecule has 2 heterocycles. The Kier molecular flexibility index (Phi) is 21.6. The van der Waals surface area contributed by atoms with Crippen molar-refractivity contribution < 1.29 is 28.4 Å². The summed E-state index contributed by atoms with van der Waals surface area (Å²) in [5, 5.41) is 0. The smallest absolute Gasteiger partial charge is 0.199 e. The molecule has 0 aromatic heterocycles. The predicted molar refractivity (Wildman–Crippen MR) is 153 cm³/mol. The van der Waals surface area contributed by atoms with Crippen LogP contribution in [0.15, 0.2) is 49.4 Å². The van der Waals surface area contributed by atoms with E-state index in [4.69, 9.17) is 28.4 Å². The molecule has 6 nitrogen and oxygen atoms in total. The fourth-order valence-corrected chi connectivity index (χ4v) is 4.29. The summed E-state index contributed by atoms with van der Waals surface area (Å²) in [6.45, 7) is 3.24. The van der Waals surface area contributed by atoms with E-state index in [0.29, 0.717) is 0 Å². The molecule has 0 aromatic carbocycles. The second-order valence-electron chi connectivity index (χ2n) is 10.1. The first kappa shape index (κ1) is 32.3. The summed E-state index contributed by atoms with van der Waals surface area (Å²) < 4.78 is 33.5. The molecular weight excluding hydrogens is 480 g/mol. The van der Waals surface area contributed by atoms with Crippen molar-refractivity contribution in [2.24, 2.45) is 0 Å². The van der Waals surface area contributed by atoms with E-state index in [1.807, 2.05) is 24.7 Å². The van der Waals surface area contributed by atoms with Gasteiger partial charge in [0.25, 0.3) is 0 Å². The Hall–Kier alpha value is -1.92. The highest BCUT2D eigenvalue weighted by Gasteiger charge is 2.10. The van der Waals surface area contributed by atoms with Crippen molar-refractivity contribution in [2.75, 3.05) is 26.4 Å². The lowest BCUT2D eigenvalue weighted by molar-refractivity contribution is -0.116. The van der Waals surface area contributed by atoms with E-state index in [9.17, 15) is 0 Å². The normalized spacial score (nSPS) is 19.2. The first-order chi connectivity index (χ1) is 18.9. The molecule has 0 bridgehead atoms. The zero-order chi connectivity index (χ0) is 26.6. The van der Waals surface area contributed by atoms with Crippen LogP contribution >= 0.6 is 0 Å². The van der Waals surface area contributed by atoms with Crippen molar-refractivity contribution >= 4 is 0 Å². The number of hydrogen-bond acceptors (Lipinski definition) is 6. The van der Waals surface area contributed by atoms with Crippen LogP contribution < -0.4 is 0 Å². The van der Waals surface area contributed by atoms with Crippen LogP contribution in [0.25, 0.3) is 0 Å². The van der Waals surface area contributed by atoms with Gasteiger partial charge in [-0.1, -0.05) is 51.4 Å². The molecule has 2 aliphatic heterocycles. The van der Waals surface area contributed by atoms with Crippen LogP contribution in [0.5, 0.6) is 0 Å². The molecule has 2 unspecified atom stereocenters. The second kappa shape index (κ2) is 25.4. The minimum absolute atomic E-state index is 0.0256. The molecule has 38 heavy (non-hydrogen) atoms. The lowest BCUT2D eigenvalue weighted by Crippen LogP contribution is -2.17. The third-order valence-corrected chi connectivity index (χ3v) is 6.60. The van der Waals surface area contributed by atoms with E-state index in [1.165, 1.54) is 51.4 Å². The molecule has 0 radical (unpaired) electrons. The summed E-state index contributed by atoms with van der Waals surface area (Å²) in [6, 6.07) is 0. The molecule has 0 fully saturated rings. The Balaban J connectivity index is 1.20. The minimum atomic E-state index is -0.0256. The Morgan fingerprint density at radius 3 is 1.32 bits per heavy atom. The van der Waals surface area contributed by atoms with Crippen LogP contribution in [0.4, 0.5) is 0 Å². The van der Waals surface area contributed by atoms with Gasteiger partial charge in [-0.15, -0.1) is 0 Å². The van der Waals surface area contributed by atoms with Crippen molar-refractivity contribution in [3.63, 3.8) is 0 Å². The maximum absolute atomic E-state index is 5.73. The van der Waals surface area contributed by atoms with Gasteiger partial charge in [-0.25, -0.2) is 0 Å². The highest BCUT2D eigenvalue weighted by atomic mass is 16.7. The molecule has 2 rings (SSSR count). The van der Waals surface area contributed by atoms with E-state index < -0.39 is 0 Å². The molecule has 0 saturated heterocycles. The monoisotopic (exact) mass is 534 g/mol. The topological polar surface area (TPSA) is 55.4 Å².